The van der Waals surface area contributed by atoms with Crippen LogP contribution >= 0.6 is 0 Å². The number of nitrogens with zero attached hydrogens (tertiary/aromatic N) is 1. The highest BCUT2D eigenvalue weighted by Gasteiger charge is 2.35. The van der Waals surface area contributed by atoms with Crippen LogP contribution in [-0.2, 0) is 4.74 Å². The molecule has 3 atom stereocenters. The van der Waals surface area contributed by atoms with Crippen LogP contribution in [-0.4, -0.2) is 12.2 Å². The second kappa shape index (κ2) is 4.67. The highest BCUT2D eigenvalue weighted by Crippen LogP contribution is 2.34. The predicted octanol–water partition coefficient (Wildman–Crippen LogP) is 3.23. The van der Waals surface area contributed by atoms with Gasteiger partial charge in [0.15, 0.2) is 0 Å². The lowest BCUT2D eigenvalue weighted by Gasteiger charge is -2.13. The maximum atomic E-state index is 8.74. The van der Waals surface area contributed by atoms with E-state index >= 15 is 0 Å². The van der Waals surface area contributed by atoms with Crippen molar-refractivity contribution in [2.45, 2.75) is 44.8 Å². The third-order valence-electron chi connectivity index (χ3n) is 3.36. The van der Waals surface area contributed by atoms with Crippen molar-refractivity contribution >= 4 is 0 Å². The first kappa shape index (κ1) is 11.2. The van der Waals surface area contributed by atoms with Crippen LogP contribution in [0.25, 0.3) is 0 Å². The van der Waals surface area contributed by atoms with Gasteiger partial charge in [-0.1, -0.05) is 19.1 Å². The Bertz CT molecular complexity index is 390. The molecule has 84 valence electrons. The molecule has 0 aromatic heterocycles. The molecule has 0 spiro atoms. The molecule has 1 heterocycles. The molecular formula is C14H17NO. The zero-order chi connectivity index (χ0) is 11.5. The number of hydrogen-bond acceptors (Lipinski definition) is 2. The summed E-state index contributed by atoms with van der Waals surface area (Å²) in [6, 6.07) is 10.1. The summed E-state index contributed by atoms with van der Waals surface area (Å²) in [5.41, 5.74) is 2.05. The predicted molar refractivity (Wildman–Crippen MR) is 63.1 cm³/mol. The molecule has 0 bridgehead atoms. The van der Waals surface area contributed by atoms with Crippen molar-refractivity contribution in [2.24, 2.45) is 0 Å². The van der Waals surface area contributed by atoms with E-state index in [9.17, 15) is 0 Å². The Morgan fingerprint density at radius 2 is 2.00 bits per heavy atom. The molecule has 1 fully saturated rings. The Morgan fingerprint density at radius 1 is 1.38 bits per heavy atom. The minimum atomic E-state index is 0.437. The molecule has 2 heteroatoms. The maximum Gasteiger partial charge on any atom is 0.0991 e. The van der Waals surface area contributed by atoms with E-state index in [1.54, 1.807) is 0 Å². The largest absolute Gasteiger partial charge is 0.370 e. The van der Waals surface area contributed by atoms with Crippen molar-refractivity contribution in [3.63, 3.8) is 0 Å². The van der Waals surface area contributed by atoms with Crippen molar-refractivity contribution in [3.8, 4) is 6.07 Å². The van der Waals surface area contributed by atoms with Gasteiger partial charge in [0.1, 0.15) is 0 Å². The Balaban J connectivity index is 2.04. The van der Waals surface area contributed by atoms with Gasteiger partial charge in [0.05, 0.1) is 23.8 Å². The Morgan fingerprint density at radius 3 is 2.44 bits per heavy atom. The number of rotatable bonds is 4. The van der Waals surface area contributed by atoms with Crippen molar-refractivity contribution < 1.29 is 4.74 Å². The molecule has 0 saturated carbocycles. The van der Waals surface area contributed by atoms with Gasteiger partial charge in [0.25, 0.3) is 0 Å². The van der Waals surface area contributed by atoms with Gasteiger partial charge in [-0.15, -0.1) is 0 Å². The van der Waals surface area contributed by atoms with Crippen LogP contribution in [0.1, 0.15) is 43.7 Å². The molecule has 0 aliphatic carbocycles. The second-order valence-corrected chi connectivity index (χ2v) is 4.45. The number of benzene rings is 1. The van der Waals surface area contributed by atoms with Crippen LogP contribution in [0.15, 0.2) is 24.3 Å². The number of nitriles is 1. The van der Waals surface area contributed by atoms with Gasteiger partial charge in [0.2, 0.25) is 0 Å². The number of epoxide rings is 1. The highest BCUT2D eigenvalue weighted by atomic mass is 16.6. The lowest BCUT2D eigenvalue weighted by atomic mass is 9.91. The monoisotopic (exact) mass is 215 g/mol. The van der Waals surface area contributed by atoms with Gasteiger partial charge < -0.3 is 4.74 Å². The fraction of sp³-hybridized carbons (Fsp3) is 0.500. The van der Waals surface area contributed by atoms with Gasteiger partial charge in [0, 0.05) is 0 Å². The summed E-state index contributed by atoms with van der Waals surface area (Å²) in [6.07, 6.45) is 3.11. The lowest BCUT2D eigenvalue weighted by Crippen LogP contribution is -2.03. The molecule has 1 aromatic carbocycles. The third kappa shape index (κ3) is 2.43. The van der Waals surface area contributed by atoms with E-state index in [1.165, 1.54) is 5.56 Å². The molecule has 1 aliphatic rings. The van der Waals surface area contributed by atoms with Crippen molar-refractivity contribution in [1.29, 1.82) is 5.26 Å². The third-order valence-corrected chi connectivity index (χ3v) is 3.36. The molecule has 2 rings (SSSR count). The first-order valence-electron chi connectivity index (χ1n) is 5.90. The van der Waals surface area contributed by atoms with Gasteiger partial charge in [-0.2, -0.15) is 5.26 Å². The molecule has 1 aliphatic heterocycles. The lowest BCUT2D eigenvalue weighted by molar-refractivity contribution is 0.357. The Kier molecular flexibility index (Phi) is 3.26. The van der Waals surface area contributed by atoms with Crippen LogP contribution in [0.4, 0.5) is 0 Å². The zero-order valence-electron chi connectivity index (χ0n) is 9.81. The summed E-state index contributed by atoms with van der Waals surface area (Å²) in [5, 5.41) is 8.74. The molecule has 0 N–H and O–H groups in total. The van der Waals surface area contributed by atoms with E-state index in [-0.39, 0.29) is 0 Å². The number of hydrogen-bond donors (Lipinski definition) is 0. The van der Waals surface area contributed by atoms with Crippen LogP contribution in [0.5, 0.6) is 0 Å². The average Bonchev–Trinajstić information content (AvgIpc) is 3.02. The van der Waals surface area contributed by atoms with Gasteiger partial charge >= 0.3 is 0 Å². The van der Waals surface area contributed by atoms with E-state index in [4.69, 9.17) is 10.00 Å². The summed E-state index contributed by atoms with van der Waals surface area (Å²) in [5.74, 6) is 0.558. The van der Waals surface area contributed by atoms with Crippen LogP contribution < -0.4 is 0 Å². The maximum absolute atomic E-state index is 8.74. The first-order chi connectivity index (χ1) is 7.74. The van der Waals surface area contributed by atoms with Crippen LogP contribution in [0.2, 0.25) is 0 Å². The standard InChI is InChI=1S/C14H17NO/c1-3-12(8-14-10(2)16-14)13-6-4-11(9-15)5-7-13/h4-7,10,12,14H,3,8H2,1-2H3. The van der Waals surface area contributed by atoms with Crippen molar-refractivity contribution in [2.75, 3.05) is 0 Å². The molecule has 1 saturated heterocycles. The van der Waals surface area contributed by atoms with E-state index in [1.807, 2.05) is 12.1 Å². The minimum absolute atomic E-state index is 0.437. The average molecular weight is 215 g/mol. The normalized spacial score (nSPS) is 24.8. The summed E-state index contributed by atoms with van der Waals surface area (Å²) >= 11 is 0. The first-order valence-corrected chi connectivity index (χ1v) is 5.90. The molecule has 16 heavy (non-hydrogen) atoms. The highest BCUT2D eigenvalue weighted by molar-refractivity contribution is 5.33. The Hall–Kier alpha value is -1.33. The Labute approximate surface area is 96.9 Å². The fourth-order valence-electron chi connectivity index (χ4n) is 2.13. The molecule has 3 unspecified atom stereocenters. The quantitative estimate of drug-likeness (QED) is 0.723. The molecular weight excluding hydrogens is 198 g/mol. The van der Waals surface area contributed by atoms with Crippen molar-refractivity contribution in [1.82, 2.24) is 0 Å². The minimum Gasteiger partial charge on any atom is -0.370 e. The summed E-state index contributed by atoms with van der Waals surface area (Å²) in [4.78, 5) is 0. The van der Waals surface area contributed by atoms with Crippen molar-refractivity contribution in [3.05, 3.63) is 35.4 Å². The van der Waals surface area contributed by atoms with Crippen LogP contribution in [0.3, 0.4) is 0 Å². The fourth-order valence-corrected chi connectivity index (χ4v) is 2.13. The van der Waals surface area contributed by atoms with Crippen LogP contribution in [0, 0.1) is 11.3 Å². The smallest absolute Gasteiger partial charge is 0.0991 e. The summed E-state index contributed by atoms with van der Waals surface area (Å²) in [6.45, 7) is 4.33. The van der Waals surface area contributed by atoms with Gasteiger partial charge in [-0.25, -0.2) is 0 Å². The second-order valence-electron chi connectivity index (χ2n) is 4.45. The van der Waals surface area contributed by atoms with Gasteiger partial charge in [-0.05, 0) is 43.4 Å². The zero-order valence-corrected chi connectivity index (χ0v) is 9.81. The molecule has 1 aromatic rings. The van der Waals surface area contributed by atoms with Gasteiger partial charge in [-0.3, -0.25) is 0 Å². The van der Waals surface area contributed by atoms with E-state index < -0.39 is 0 Å². The number of ether oxygens (including phenoxy) is 1. The van der Waals surface area contributed by atoms with E-state index in [2.05, 4.69) is 32.0 Å². The molecule has 0 radical (unpaired) electrons. The topological polar surface area (TPSA) is 36.3 Å². The SMILES string of the molecule is CCC(CC1OC1C)c1ccc(C#N)cc1. The van der Waals surface area contributed by atoms with E-state index in [0.717, 1.165) is 18.4 Å². The summed E-state index contributed by atoms with van der Waals surface area (Å²) < 4.78 is 5.46. The summed E-state index contributed by atoms with van der Waals surface area (Å²) in [7, 11) is 0. The van der Waals surface area contributed by atoms with E-state index in [0.29, 0.717) is 18.1 Å². The molecule has 2 nitrogen and oxygen atoms in total. The molecule has 0 amide bonds.